The molecule has 1 aromatic carbocycles. The lowest BCUT2D eigenvalue weighted by Crippen LogP contribution is -2.49. The van der Waals surface area contributed by atoms with E-state index in [1.807, 2.05) is 6.92 Å². The van der Waals surface area contributed by atoms with E-state index >= 15 is 0 Å². The van der Waals surface area contributed by atoms with Crippen LogP contribution in [0, 0.1) is 12.8 Å². The van der Waals surface area contributed by atoms with E-state index in [-0.39, 0.29) is 23.9 Å². The predicted molar refractivity (Wildman–Crippen MR) is 107 cm³/mol. The molecule has 10 heteroatoms. The summed E-state index contributed by atoms with van der Waals surface area (Å²) in [5.74, 6) is -0.945. The summed E-state index contributed by atoms with van der Waals surface area (Å²) < 4.78 is 40.1. The second-order valence-corrected chi connectivity index (χ2v) is 7.54. The largest absolute Gasteiger partial charge is 0.417 e. The van der Waals surface area contributed by atoms with Gasteiger partial charge in [0, 0.05) is 11.8 Å². The number of aryl methyl sites for hydroxylation is 1. The Morgan fingerprint density at radius 3 is 2.35 bits per heavy atom. The van der Waals surface area contributed by atoms with Crippen LogP contribution in [0.15, 0.2) is 42.6 Å². The van der Waals surface area contributed by atoms with Crippen LogP contribution >= 0.6 is 0 Å². The minimum absolute atomic E-state index is 0.141. The number of amides is 2. The van der Waals surface area contributed by atoms with Gasteiger partial charge in [-0.2, -0.15) is 13.2 Å². The van der Waals surface area contributed by atoms with Crippen LogP contribution in [0.25, 0.3) is 5.65 Å². The molecule has 0 saturated heterocycles. The number of fused-ring (bicyclic) bond motifs is 1. The van der Waals surface area contributed by atoms with Crippen molar-refractivity contribution < 1.29 is 22.8 Å². The summed E-state index contributed by atoms with van der Waals surface area (Å²) in [6.45, 7) is 5.31. The topological polar surface area (TPSA) is 88.4 Å². The van der Waals surface area contributed by atoms with E-state index in [1.54, 1.807) is 38.1 Å². The summed E-state index contributed by atoms with van der Waals surface area (Å²) in [6.07, 6.45) is -3.63. The molecule has 0 bridgehead atoms. The fourth-order valence-corrected chi connectivity index (χ4v) is 2.97. The zero-order valence-corrected chi connectivity index (χ0v) is 17.2. The van der Waals surface area contributed by atoms with Crippen molar-refractivity contribution in [1.82, 2.24) is 25.2 Å². The Bertz CT molecular complexity index is 1090. The molecule has 0 aliphatic heterocycles. The third-order valence-electron chi connectivity index (χ3n) is 4.77. The molecular weight excluding hydrogens is 411 g/mol. The summed E-state index contributed by atoms with van der Waals surface area (Å²) in [5.41, 5.74) is 0.805. The van der Waals surface area contributed by atoms with Crippen LogP contribution in [-0.4, -0.2) is 32.5 Å². The minimum atomic E-state index is -4.51. The molecule has 31 heavy (non-hydrogen) atoms. The number of nitrogens with zero attached hydrogens (tertiary/aromatic N) is 3. The molecule has 0 aliphatic carbocycles. The first-order valence-electron chi connectivity index (χ1n) is 9.62. The number of alkyl halides is 3. The molecular formula is C21H22F3N5O2. The molecule has 2 aromatic heterocycles. The second kappa shape index (κ2) is 8.75. The lowest BCUT2D eigenvalue weighted by atomic mass is 10.0. The summed E-state index contributed by atoms with van der Waals surface area (Å²) in [5, 5.41) is 13.0. The zero-order valence-electron chi connectivity index (χ0n) is 17.2. The Balaban J connectivity index is 1.71. The van der Waals surface area contributed by atoms with Crippen molar-refractivity contribution in [3.05, 3.63) is 65.1 Å². The third-order valence-corrected chi connectivity index (χ3v) is 4.77. The number of hydrogen-bond donors (Lipinski definition) is 2. The first-order valence-corrected chi connectivity index (χ1v) is 9.62. The van der Waals surface area contributed by atoms with Gasteiger partial charge in [0.15, 0.2) is 11.5 Å². The van der Waals surface area contributed by atoms with Gasteiger partial charge in [0.25, 0.3) is 5.91 Å². The van der Waals surface area contributed by atoms with Gasteiger partial charge in [-0.3, -0.25) is 14.0 Å². The van der Waals surface area contributed by atoms with Gasteiger partial charge in [-0.05, 0) is 37.1 Å². The zero-order chi connectivity index (χ0) is 22.8. The average Bonchev–Trinajstić information content (AvgIpc) is 3.12. The van der Waals surface area contributed by atoms with Gasteiger partial charge >= 0.3 is 6.18 Å². The number of aromatic nitrogens is 3. The quantitative estimate of drug-likeness (QED) is 0.625. The number of benzene rings is 1. The standard InChI is InChI=1S/C21H22F3N5O2/c1-12(2)18(26-19(30)14-6-4-13(3)5-7-14)20(31)25-10-17-28-27-16-9-8-15(11-29(16)17)21(22,23)24/h4-9,11-12,18H,10H2,1-3H3,(H,25,31)(H,26,30). The van der Waals surface area contributed by atoms with Gasteiger partial charge in [0.05, 0.1) is 12.1 Å². The van der Waals surface area contributed by atoms with E-state index < -0.39 is 29.6 Å². The lowest BCUT2D eigenvalue weighted by Gasteiger charge is -2.21. The van der Waals surface area contributed by atoms with Crippen LogP contribution in [0.4, 0.5) is 13.2 Å². The Morgan fingerprint density at radius 1 is 1.06 bits per heavy atom. The second-order valence-electron chi connectivity index (χ2n) is 7.54. The Morgan fingerprint density at radius 2 is 1.74 bits per heavy atom. The molecule has 0 radical (unpaired) electrons. The van der Waals surface area contributed by atoms with Crippen LogP contribution in [-0.2, 0) is 17.5 Å². The Hall–Kier alpha value is -3.43. The lowest BCUT2D eigenvalue weighted by molar-refractivity contribution is -0.137. The van der Waals surface area contributed by atoms with E-state index in [9.17, 15) is 22.8 Å². The third kappa shape index (κ3) is 5.19. The molecule has 1 unspecified atom stereocenters. The highest BCUT2D eigenvalue weighted by Gasteiger charge is 2.31. The number of nitrogens with one attached hydrogen (secondary N) is 2. The van der Waals surface area contributed by atoms with Gasteiger partial charge in [-0.1, -0.05) is 31.5 Å². The van der Waals surface area contributed by atoms with Gasteiger partial charge in [0.2, 0.25) is 5.91 Å². The molecule has 164 valence electrons. The van der Waals surface area contributed by atoms with Crippen LogP contribution in [0.5, 0.6) is 0 Å². The number of hydrogen-bond acceptors (Lipinski definition) is 4. The van der Waals surface area contributed by atoms with Crippen LogP contribution in [0.2, 0.25) is 0 Å². The molecule has 0 aliphatic rings. The molecule has 1 atom stereocenters. The summed E-state index contributed by atoms with van der Waals surface area (Å²) in [6, 6.07) is 8.22. The number of pyridine rings is 1. The van der Waals surface area contributed by atoms with E-state index in [0.29, 0.717) is 5.56 Å². The SMILES string of the molecule is Cc1ccc(C(=O)NC(C(=O)NCc2nnc3ccc(C(F)(F)F)cn23)C(C)C)cc1. The normalized spacial score (nSPS) is 12.7. The van der Waals surface area contributed by atoms with Crippen molar-refractivity contribution in [1.29, 1.82) is 0 Å². The molecule has 2 amide bonds. The number of carbonyl (C=O) groups excluding carboxylic acids is 2. The smallest absolute Gasteiger partial charge is 0.347 e. The maximum atomic E-state index is 13.0. The predicted octanol–water partition coefficient (Wildman–Crippen LogP) is 3.13. The number of halogens is 3. The van der Waals surface area contributed by atoms with Crippen molar-refractivity contribution >= 4 is 17.5 Å². The molecule has 2 heterocycles. The van der Waals surface area contributed by atoms with Crippen LogP contribution in [0.3, 0.4) is 0 Å². The molecule has 0 spiro atoms. The highest BCUT2D eigenvalue weighted by Crippen LogP contribution is 2.29. The molecule has 3 aromatic rings. The molecule has 0 fully saturated rings. The minimum Gasteiger partial charge on any atom is -0.347 e. The monoisotopic (exact) mass is 433 g/mol. The Labute approximate surface area is 176 Å². The molecule has 3 rings (SSSR count). The van der Waals surface area contributed by atoms with Crippen molar-refractivity contribution in [2.75, 3.05) is 0 Å². The van der Waals surface area contributed by atoms with Crippen molar-refractivity contribution in [2.24, 2.45) is 5.92 Å². The van der Waals surface area contributed by atoms with Crippen molar-refractivity contribution in [3.63, 3.8) is 0 Å². The van der Waals surface area contributed by atoms with Gasteiger partial charge in [0.1, 0.15) is 6.04 Å². The summed E-state index contributed by atoms with van der Waals surface area (Å²) >= 11 is 0. The highest BCUT2D eigenvalue weighted by atomic mass is 19.4. The van der Waals surface area contributed by atoms with Crippen LogP contribution < -0.4 is 10.6 Å². The molecule has 7 nitrogen and oxygen atoms in total. The van der Waals surface area contributed by atoms with Gasteiger partial charge < -0.3 is 10.6 Å². The number of rotatable bonds is 6. The molecule has 2 N–H and O–H groups in total. The Kier molecular flexibility index (Phi) is 6.28. The van der Waals surface area contributed by atoms with E-state index in [4.69, 9.17) is 0 Å². The molecule has 0 saturated carbocycles. The average molecular weight is 433 g/mol. The van der Waals surface area contributed by atoms with E-state index in [0.717, 1.165) is 17.8 Å². The van der Waals surface area contributed by atoms with E-state index in [2.05, 4.69) is 20.8 Å². The van der Waals surface area contributed by atoms with Crippen molar-refractivity contribution in [2.45, 2.75) is 39.5 Å². The van der Waals surface area contributed by atoms with Crippen LogP contribution in [0.1, 0.15) is 41.2 Å². The fourth-order valence-electron chi connectivity index (χ4n) is 2.97. The highest BCUT2D eigenvalue weighted by molar-refractivity contribution is 5.97. The number of carbonyl (C=O) groups is 2. The van der Waals surface area contributed by atoms with Gasteiger partial charge in [-0.15, -0.1) is 10.2 Å². The maximum absolute atomic E-state index is 13.0. The maximum Gasteiger partial charge on any atom is 0.417 e. The van der Waals surface area contributed by atoms with Crippen molar-refractivity contribution in [3.8, 4) is 0 Å². The summed E-state index contributed by atoms with van der Waals surface area (Å²) in [4.78, 5) is 25.2. The first-order chi connectivity index (χ1) is 14.6. The van der Waals surface area contributed by atoms with Gasteiger partial charge in [-0.25, -0.2) is 0 Å². The first kappa shape index (κ1) is 22.3. The fraction of sp³-hybridized carbons (Fsp3) is 0.333. The summed E-state index contributed by atoms with van der Waals surface area (Å²) in [7, 11) is 0. The van der Waals surface area contributed by atoms with E-state index in [1.165, 1.54) is 10.5 Å².